The Morgan fingerprint density at radius 1 is 1.58 bits per heavy atom. The molecule has 1 rings (SSSR count). The van der Waals surface area contributed by atoms with Gasteiger partial charge in [0, 0.05) is 6.04 Å². The second-order valence-electron chi connectivity index (χ2n) is 3.12. The molecule has 0 radical (unpaired) electrons. The summed E-state index contributed by atoms with van der Waals surface area (Å²) < 4.78 is 12.6. The van der Waals surface area contributed by atoms with Crippen molar-refractivity contribution >= 4 is 5.91 Å². The molecule has 0 saturated heterocycles. The van der Waals surface area contributed by atoms with Crippen LogP contribution >= 0.6 is 0 Å². The van der Waals surface area contributed by atoms with Crippen LogP contribution in [0.4, 0.5) is 4.39 Å². The molecule has 0 aromatic heterocycles. The standard InChI is InChI=1S/C9H14FNO/c1-2-3-9(12)11-8-5-4-7(10)6-8/h2-3,7-8H,4-6H2,1H3,(H,11,12)/b3-2+. The van der Waals surface area contributed by atoms with Crippen LogP contribution < -0.4 is 5.32 Å². The van der Waals surface area contributed by atoms with Crippen LogP contribution in [0.3, 0.4) is 0 Å². The van der Waals surface area contributed by atoms with E-state index in [-0.39, 0.29) is 11.9 Å². The molecule has 0 heterocycles. The fourth-order valence-corrected chi connectivity index (χ4v) is 1.46. The molecule has 1 fully saturated rings. The molecule has 2 nitrogen and oxygen atoms in total. The summed E-state index contributed by atoms with van der Waals surface area (Å²) in [7, 11) is 0. The first-order valence-electron chi connectivity index (χ1n) is 4.29. The molecule has 0 spiro atoms. The molecule has 68 valence electrons. The highest BCUT2D eigenvalue weighted by atomic mass is 19.1. The summed E-state index contributed by atoms with van der Waals surface area (Å²) >= 11 is 0. The average molecular weight is 171 g/mol. The quantitative estimate of drug-likeness (QED) is 0.628. The molecule has 1 N–H and O–H groups in total. The normalized spacial score (nSPS) is 29.5. The van der Waals surface area contributed by atoms with Crippen molar-refractivity contribution in [3.05, 3.63) is 12.2 Å². The summed E-state index contributed by atoms with van der Waals surface area (Å²) in [5.41, 5.74) is 0. The maximum Gasteiger partial charge on any atom is 0.243 e. The van der Waals surface area contributed by atoms with Crippen LogP contribution in [0.15, 0.2) is 12.2 Å². The predicted molar refractivity (Wildman–Crippen MR) is 45.5 cm³/mol. The smallest absolute Gasteiger partial charge is 0.243 e. The van der Waals surface area contributed by atoms with Crippen LogP contribution in [-0.2, 0) is 4.79 Å². The van der Waals surface area contributed by atoms with Gasteiger partial charge in [0.1, 0.15) is 6.17 Å². The van der Waals surface area contributed by atoms with E-state index in [0.717, 1.165) is 6.42 Å². The second-order valence-corrected chi connectivity index (χ2v) is 3.12. The van der Waals surface area contributed by atoms with Gasteiger partial charge in [0.05, 0.1) is 0 Å². The van der Waals surface area contributed by atoms with Crippen molar-refractivity contribution in [2.45, 2.75) is 38.4 Å². The lowest BCUT2D eigenvalue weighted by Crippen LogP contribution is -2.31. The maximum absolute atomic E-state index is 12.6. The molecule has 2 unspecified atom stereocenters. The number of nitrogens with one attached hydrogen (secondary N) is 1. The Balaban J connectivity index is 2.27. The predicted octanol–water partition coefficient (Wildman–Crippen LogP) is 1.57. The number of hydrogen-bond acceptors (Lipinski definition) is 1. The van der Waals surface area contributed by atoms with E-state index in [1.54, 1.807) is 13.0 Å². The van der Waals surface area contributed by atoms with Crippen molar-refractivity contribution in [2.24, 2.45) is 0 Å². The number of carbonyl (C=O) groups is 1. The zero-order chi connectivity index (χ0) is 8.97. The minimum Gasteiger partial charge on any atom is -0.350 e. The first-order chi connectivity index (χ1) is 5.72. The highest BCUT2D eigenvalue weighted by Crippen LogP contribution is 2.21. The molecule has 0 aromatic rings. The minimum absolute atomic E-state index is 0.0451. The fraction of sp³-hybridized carbons (Fsp3) is 0.667. The molecule has 1 aliphatic rings. The second kappa shape index (κ2) is 4.24. The van der Waals surface area contributed by atoms with Crippen LogP contribution in [-0.4, -0.2) is 18.1 Å². The van der Waals surface area contributed by atoms with Crippen molar-refractivity contribution in [1.29, 1.82) is 0 Å². The van der Waals surface area contributed by atoms with Gasteiger partial charge < -0.3 is 5.32 Å². The molecule has 2 atom stereocenters. The summed E-state index contributed by atoms with van der Waals surface area (Å²) in [5, 5.41) is 2.74. The first-order valence-corrected chi connectivity index (χ1v) is 4.29. The van der Waals surface area contributed by atoms with Gasteiger partial charge in [0.2, 0.25) is 5.91 Å². The van der Waals surface area contributed by atoms with Crippen LogP contribution in [0.25, 0.3) is 0 Å². The van der Waals surface area contributed by atoms with Crippen molar-refractivity contribution in [3.8, 4) is 0 Å². The Kier molecular flexibility index (Phi) is 3.26. The fourth-order valence-electron chi connectivity index (χ4n) is 1.46. The third kappa shape index (κ3) is 2.64. The van der Waals surface area contributed by atoms with Crippen LogP contribution in [0.1, 0.15) is 26.2 Å². The van der Waals surface area contributed by atoms with E-state index in [1.807, 2.05) is 0 Å². The summed E-state index contributed by atoms with van der Waals surface area (Å²) in [6.07, 6.45) is 4.25. The van der Waals surface area contributed by atoms with Crippen molar-refractivity contribution in [1.82, 2.24) is 5.32 Å². The highest BCUT2D eigenvalue weighted by molar-refractivity contribution is 5.87. The van der Waals surface area contributed by atoms with E-state index in [9.17, 15) is 9.18 Å². The summed E-state index contributed by atoms with van der Waals surface area (Å²) in [6.45, 7) is 1.78. The van der Waals surface area contributed by atoms with Gasteiger partial charge in [-0.3, -0.25) is 4.79 Å². The lowest BCUT2D eigenvalue weighted by Gasteiger charge is -2.08. The van der Waals surface area contributed by atoms with Gasteiger partial charge in [-0.1, -0.05) is 6.08 Å². The SMILES string of the molecule is C/C=C/C(=O)NC1CCC(F)C1. The topological polar surface area (TPSA) is 29.1 Å². The van der Waals surface area contributed by atoms with Gasteiger partial charge in [-0.15, -0.1) is 0 Å². The Hall–Kier alpha value is -0.860. The third-order valence-electron chi connectivity index (χ3n) is 2.03. The molecule has 12 heavy (non-hydrogen) atoms. The minimum atomic E-state index is -0.721. The molecule has 1 aliphatic carbocycles. The number of alkyl halides is 1. The monoisotopic (exact) mass is 171 g/mol. The largest absolute Gasteiger partial charge is 0.350 e. The Morgan fingerprint density at radius 3 is 2.83 bits per heavy atom. The van der Waals surface area contributed by atoms with Crippen LogP contribution in [0, 0.1) is 0 Å². The zero-order valence-corrected chi connectivity index (χ0v) is 7.22. The van der Waals surface area contributed by atoms with Crippen molar-refractivity contribution < 1.29 is 9.18 Å². The van der Waals surface area contributed by atoms with E-state index in [4.69, 9.17) is 0 Å². The Bertz CT molecular complexity index is 191. The van der Waals surface area contributed by atoms with Gasteiger partial charge in [-0.2, -0.15) is 0 Å². The molecule has 0 aliphatic heterocycles. The molecule has 3 heteroatoms. The first kappa shape index (κ1) is 9.23. The van der Waals surface area contributed by atoms with Gasteiger partial charge in [-0.25, -0.2) is 4.39 Å². The van der Waals surface area contributed by atoms with E-state index in [0.29, 0.717) is 12.8 Å². The summed E-state index contributed by atoms with van der Waals surface area (Å²) in [5.74, 6) is -0.114. The van der Waals surface area contributed by atoms with Gasteiger partial charge in [0.15, 0.2) is 0 Å². The van der Waals surface area contributed by atoms with Crippen LogP contribution in [0.5, 0.6) is 0 Å². The van der Waals surface area contributed by atoms with E-state index in [1.165, 1.54) is 6.08 Å². The average Bonchev–Trinajstić information content (AvgIpc) is 2.36. The Labute approximate surface area is 71.8 Å². The summed E-state index contributed by atoms with van der Waals surface area (Å²) in [4.78, 5) is 11.0. The zero-order valence-electron chi connectivity index (χ0n) is 7.22. The third-order valence-corrected chi connectivity index (χ3v) is 2.03. The van der Waals surface area contributed by atoms with Gasteiger partial charge >= 0.3 is 0 Å². The summed E-state index contributed by atoms with van der Waals surface area (Å²) in [6, 6.07) is 0.0451. The van der Waals surface area contributed by atoms with Gasteiger partial charge in [-0.05, 0) is 32.3 Å². The number of halogens is 1. The van der Waals surface area contributed by atoms with E-state index < -0.39 is 6.17 Å². The van der Waals surface area contributed by atoms with Crippen LogP contribution in [0.2, 0.25) is 0 Å². The molecule has 1 saturated carbocycles. The van der Waals surface area contributed by atoms with E-state index >= 15 is 0 Å². The van der Waals surface area contributed by atoms with Crippen molar-refractivity contribution in [2.75, 3.05) is 0 Å². The highest BCUT2D eigenvalue weighted by Gasteiger charge is 2.24. The maximum atomic E-state index is 12.6. The van der Waals surface area contributed by atoms with Gasteiger partial charge in [0.25, 0.3) is 0 Å². The Morgan fingerprint density at radius 2 is 2.33 bits per heavy atom. The van der Waals surface area contributed by atoms with E-state index in [2.05, 4.69) is 5.32 Å². The molecular weight excluding hydrogens is 157 g/mol. The number of rotatable bonds is 2. The van der Waals surface area contributed by atoms with Crippen molar-refractivity contribution in [3.63, 3.8) is 0 Å². The number of allylic oxidation sites excluding steroid dienone is 1. The number of carbonyl (C=O) groups excluding carboxylic acids is 1. The lowest BCUT2D eigenvalue weighted by molar-refractivity contribution is -0.117. The molecule has 0 aromatic carbocycles. The molecule has 0 bridgehead atoms. The molecule has 1 amide bonds. The molecular formula is C9H14FNO. The lowest BCUT2D eigenvalue weighted by atomic mass is 10.2. The number of amides is 1. The number of hydrogen-bond donors (Lipinski definition) is 1.